The number of aryl methyl sites for hydroxylation is 1. The van der Waals surface area contributed by atoms with Crippen LogP contribution in [0.5, 0.6) is 0 Å². The van der Waals surface area contributed by atoms with Gasteiger partial charge < -0.3 is 4.98 Å². The van der Waals surface area contributed by atoms with E-state index in [2.05, 4.69) is 36.2 Å². The Morgan fingerprint density at radius 3 is 2.73 bits per heavy atom. The van der Waals surface area contributed by atoms with Crippen molar-refractivity contribution < 1.29 is 0 Å². The lowest BCUT2D eigenvalue weighted by atomic mass is 10.1. The Hall–Kier alpha value is -0.763. The number of nitrogens with one attached hydrogen (secondary N) is 1. The van der Waals surface area contributed by atoms with E-state index in [1.54, 1.807) is 0 Å². The lowest BCUT2D eigenvalue weighted by molar-refractivity contribution is 0.924. The molecule has 0 spiro atoms. The maximum atomic E-state index is 3.32. The van der Waals surface area contributed by atoms with E-state index in [-0.39, 0.29) is 0 Å². The molecule has 60 valence electrons. The van der Waals surface area contributed by atoms with Crippen LogP contribution in [-0.4, -0.2) is 10.4 Å². The van der Waals surface area contributed by atoms with Gasteiger partial charge in [0.15, 0.2) is 0 Å². The van der Waals surface area contributed by atoms with Gasteiger partial charge in [0.1, 0.15) is 10.4 Å². The second kappa shape index (κ2) is 4.19. The van der Waals surface area contributed by atoms with Crippen molar-refractivity contribution in [1.82, 2.24) is 0 Å². The van der Waals surface area contributed by atoms with Gasteiger partial charge in [0.25, 0.3) is 0 Å². The normalized spacial score (nSPS) is 9.91. The Bertz CT molecular complexity index is 223. The molecule has 0 aliphatic rings. The fraction of sp³-hybridized carbons (Fsp3) is 0.333. The molecule has 1 N–H and O–H groups in total. The van der Waals surface area contributed by atoms with Crippen molar-refractivity contribution in [3.05, 3.63) is 29.8 Å². The number of para-hydroxylation sites is 1. The number of hydrogen-bond acceptors (Lipinski definition) is 1. The van der Waals surface area contributed by atoms with Crippen molar-refractivity contribution in [2.75, 3.05) is 4.98 Å². The third-order valence-electron chi connectivity index (χ3n) is 1.81. The summed E-state index contributed by atoms with van der Waals surface area (Å²) in [6, 6.07) is 8.54. The molecule has 0 aliphatic heterocycles. The molecule has 1 nitrogen and oxygen atoms in total. The molecule has 0 unspecified atom stereocenters. The van der Waals surface area contributed by atoms with E-state index in [4.69, 9.17) is 0 Å². The molecule has 0 saturated heterocycles. The van der Waals surface area contributed by atoms with Crippen LogP contribution in [0.25, 0.3) is 0 Å². The summed E-state index contributed by atoms with van der Waals surface area (Å²) in [6.07, 6.45) is 2.41. The van der Waals surface area contributed by atoms with Gasteiger partial charge in [0.2, 0.25) is 0 Å². The molecular weight excluding hydrogens is 150 g/mol. The molecule has 0 amide bonds. The molecule has 1 rings (SSSR count). The first-order chi connectivity index (χ1) is 5.38. The Morgan fingerprint density at radius 2 is 2.09 bits per heavy atom. The van der Waals surface area contributed by atoms with Gasteiger partial charge in [-0.15, -0.1) is 0 Å². The molecular formula is C9H15NSi. The van der Waals surface area contributed by atoms with Crippen molar-refractivity contribution in [3.63, 3.8) is 0 Å². The van der Waals surface area contributed by atoms with Crippen LogP contribution in [0.15, 0.2) is 24.3 Å². The molecule has 1 aromatic rings. The number of benzene rings is 1. The number of hydrogen-bond donors (Lipinski definition) is 1. The third-order valence-corrected chi connectivity index (χ3v) is 2.34. The van der Waals surface area contributed by atoms with Gasteiger partial charge in [0.05, 0.1) is 0 Å². The molecule has 11 heavy (non-hydrogen) atoms. The number of anilines is 1. The fourth-order valence-electron chi connectivity index (χ4n) is 1.25. The third kappa shape index (κ3) is 2.08. The quantitative estimate of drug-likeness (QED) is 0.666. The van der Waals surface area contributed by atoms with Gasteiger partial charge in [-0.1, -0.05) is 31.5 Å². The van der Waals surface area contributed by atoms with E-state index in [0.29, 0.717) is 0 Å². The smallest absolute Gasteiger partial charge is 0.104 e. The van der Waals surface area contributed by atoms with Gasteiger partial charge in [-0.25, -0.2) is 0 Å². The summed E-state index contributed by atoms with van der Waals surface area (Å²) in [5.74, 6) is 0. The zero-order valence-electron chi connectivity index (χ0n) is 7.22. The number of rotatable bonds is 3. The van der Waals surface area contributed by atoms with Crippen molar-refractivity contribution in [2.45, 2.75) is 19.8 Å². The summed E-state index contributed by atoms with van der Waals surface area (Å²) >= 11 is 0. The van der Waals surface area contributed by atoms with Crippen molar-refractivity contribution >= 4 is 16.1 Å². The van der Waals surface area contributed by atoms with Crippen LogP contribution in [0.4, 0.5) is 5.69 Å². The van der Waals surface area contributed by atoms with Crippen LogP contribution in [0, 0.1) is 0 Å². The van der Waals surface area contributed by atoms with Gasteiger partial charge in [0, 0.05) is 5.69 Å². The average Bonchev–Trinajstić information content (AvgIpc) is 2.06. The Balaban J connectivity index is 2.83. The first kappa shape index (κ1) is 8.33. The molecule has 0 aliphatic carbocycles. The first-order valence-corrected chi connectivity index (χ1v) is 5.14. The van der Waals surface area contributed by atoms with Crippen molar-refractivity contribution in [1.29, 1.82) is 0 Å². The highest BCUT2D eigenvalue weighted by molar-refractivity contribution is 6.16. The van der Waals surface area contributed by atoms with Crippen LogP contribution < -0.4 is 4.98 Å². The highest BCUT2D eigenvalue weighted by Gasteiger charge is 1.95. The molecule has 0 heterocycles. The lowest BCUT2D eigenvalue weighted by Crippen LogP contribution is -1.95. The monoisotopic (exact) mass is 165 g/mol. The van der Waals surface area contributed by atoms with Crippen LogP contribution in [0.3, 0.4) is 0 Å². The minimum absolute atomic E-state index is 1.03. The first-order valence-electron chi connectivity index (χ1n) is 4.14. The van der Waals surface area contributed by atoms with Gasteiger partial charge in [-0.05, 0) is 18.1 Å². The summed E-state index contributed by atoms with van der Waals surface area (Å²) in [7, 11) is 1.03. The predicted octanol–water partition coefficient (Wildman–Crippen LogP) is 1.33. The van der Waals surface area contributed by atoms with Crippen molar-refractivity contribution in [3.8, 4) is 0 Å². The largest absolute Gasteiger partial charge is 0.419 e. The predicted molar refractivity (Wildman–Crippen MR) is 54.0 cm³/mol. The van der Waals surface area contributed by atoms with Crippen LogP contribution in [-0.2, 0) is 6.42 Å². The zero-order valence-corrected chi connectivity index (χ0v) is 9.22. The summed E-state index contributed by atoms with van der Waals surface area (Å²) < 4.78 is 0. The second-order valence-electron chi connectivity index (χ2n) is 2.66. The summed E-state index contributed by atoms with van der Waals surface area (Å²) in [4.78, 5) is 3.32. The van der Waals surface area contributed by atoms with Crippen LogP contribution in [0.2, 0.25) is 0 Å². The van der Waals surface area contributed by atoms with E-state index in [0.717, 1.165) is 10.4 Å². The molecule has 0 radical (unpaired) electrons. The second-order valence-corrected chi connectivity index (χ2v) is 3.16. The molecule has 0 bridgehead atoms. The Morgan fingerprint density at radius 1 is 1.36 bits per heavy atom. The van der Waals surface area contributed by atoms with E-state index in [1.165, 1.54) is 24.1 Å². The van der Waals surface area contributed by atoms with Gasteiger partial charge in [-0.2, -0.15) is 0 Å². The maximum absolute atomic E-state index is 3.32. The lowest BCUT2D eigenvalue weighted by Gasteiger charge is -2.06. The Labute approximate surface area is 71.3 Å². The van der Waals surface area contributed by atoms with E-state index < -0.39 is 0 Å². The molecule has 2 heteroatoms. The highest BCUT2D eigenvalue weighted by atomic mass is 28.2. The standard InChI is InChI=1S/C9H15NSi/c1-2-5-8-6-3-4-7-9(8)10-11/h3-4,6-7,10H,2,5H2,1,11H3. The molecule has 0 atom stereocenters. The molecule has 0 fully saturated rings. The van der Waals surface area contributed by atoms with E-state index in [1.807, 2.05) is 0 Å². The van der Waals surface area contributed by atoms with Crippen molar-refractivity contribution in [2.24, 2.45) is 0 Å². The topological polar surface area (TPSA) is 12.0 Å². The van der Waals surface area contributed by atoms with Gasteiger partial charge in [-0.3, -0.25) is 0 Å². The summed E-state index contributed by atoms with van der Waals surface area (Å²) in [5, 5.41) is 0. The minimum atomic E-state index is 1.03. The maximum Gasteiger partial charge on any atom is 0.104 e. The van der Waals surface area contributed by atoms with Crippen LogP contribution >= 0.6 is 0 Å². The summed E-state index contributed by atoms with van der Waals surface area (Å²) in [6.45, 7) is 2.21. The fourth-order valence-corrected chi connectivity index (χ4v) is 1.74. The zero-order chi connectivity index (χ0) is 8.10. The highest BCUT2D eigenvalue weighted by Crippen LogP contribution is 2.15. The minimum Gasteiger partial charge on any atom is -0.419 e. The molecule has 1 aromatic carbocycles. The molecule has 0 saturated carbocycles. The summed E-state index contributed by atoms with van der Waals surface area (Å²) in [5.41, 5.74) is 2.77. The van der Waals surface area contributed by atoms with Crippen LogP contribution in [0.1, 0.15) is 18.9 Å². The SMILES string of the molecule is CCCc1ccccc1N[SiH3]. The van der Waals surface area contributed by atoms with E-state index >= 15 is 0 Å². The Kier molecular flexibility index (Phi) is 3.17. The van der Waals surface area contributed by atoms with E-state index in [9.17, 15) is 0 Å². The van der Waals surface area contributed by atoms with Gasteiger partial charge >= 0.3 is 0 Å². The molecule has 0 aromatic heterocycles. The average molecular weight is 165 g/mol.